The van der Waals surface area contributed by atoms with Crippen molar-refractivity contribution in [2.45, 2.75) is 11.8 Å². The van der Waals surface area contributed by atoms with Crippen LogP contribution in [0.4, 0.5) is 0 Å². The van der Waals surface area contributed by atoms with Crippen molar-refractivity contribution in [2.75, 3.05) is 6.54 Å². The summed E-state index contributed by atoms with van der Waals surface area (Å²) >= 11 is 0. The first-order valence-corrected chi connectivity index (χ1v) is 5.20. The van der Waals surface area contributed by atoms with Gasteiger partial charge >= 0.3 is 0 Å². The molecular formula is C8H12ClNO2S. The molecule has 0 bridgehead atoms. The molecule has 13 heavy (non-hydrogen) atoms. The fraction of sp³-hybridized carbons (Fsp3) is 0.250. The van der Waals surface area contributed by atoms with E-state index in [1.54, 1.807) is 37.3 Å². The molecule has 1 aromatic carbocycles. The van der Waals surface area contributed by atoms with E-state index in [0.29, 0.717) is 11.4 Å². The van der Waals surface area contributed by atoms with Gasteiger partial charge in [0.25, 0.3) is 0 Å². The van der Waals surface area contributed by atoms with Crippen LogP contribution >= 0.6 is 12.4 Å². The molecule has 0 saturated heterocycles. The van der Waals surface area contributed by atoms with Crippen molar-refractivity contribution in [3.63, 3.8) is 0 Å². The van der Waals surface area contributed by atoms with Crippen LogP contribution < -0.4 is 4.72 Å². The Hall–Kier alpha value is -0.580. The van der Waals surface area contributed by atoms with Crippen molar-refractivity contribution in [1.29, 1.82) is 0 Å². The van der Waals surface area contributed by atoms with Gasteiger partial charge in [-0.2, -0.15) is 0 Å². The van der Waals surface area contributed by atoms with E-state index in [9.17, 15) is 8.42 Å². The predicted molar refractivity (Wildman–Crippen MR) is 54.6 cm³/mol. The van der Waals surface area contributed by atoms with E-state index in [1.807, 2.05) is 0 Å². The smallest absolute Gasteiger partial charge is 0.211 e. The second-order valence-corrected chi connectivity index (χ2v) is 4.08. The van der Waals surface area contributed by atoms with Crippen LogP contribution in [-0.2, 0) is 10.0 Å². The minimum atomic E-state index is -3.26. The van der Waals surface area contributed by atoms with E-state index < -0.39 is 10.0 Å². The van der Waals surface area contributed by atoms with Gasteiger partial charge in [-0.1, -0.05) is 25.1 Å². The van der Waals surface area contributed by atoms with Crippen molar-refractivity contribution in [3.05, 3.63) is 30.3 Å². The summed E-state index contributed by atoms with van der Waals surface area (Å²) in [5.41, 5.74) is 0. The number of benzene rings is 1. The minimum absolute atomic E-state index is 0. The molecule has 0 aromatic heterocycles. The van der Waals surface area contributed by atoms with Gasteiger partial charge in [0.2, 0.25) is 10.0 Å². The first-order valence-electron chi connectivity index (χ1n) is 3.71. The van der Waals surface area contributed by atoms with Crippen molar-refractivity contribution >= 4 is 22.4 Å². The summed E-state index contributed by atoms with van der Waals surface area (Å²) in [5.74, 6) is 0. The lowest BCUT2D eigenvalue weighted by Gasteiger charge is -2.02. The van der Waals surface area contributed by atoms with Crippen LogP contribution in [0.15, 0.2) is 35.2 Å². The number of sulfonamides is 1. The molecule has 0 aliphatic heterocycles. The van der Waals surface area contributed by atoms with E-state index in [1.165, 1.54) is 0 Å². The van der Waals surface area contributed by atoms with Gasteiger partial charge in [0, 0.05) is 6.54 Å². The van der Waals surface area contributed by atoms with Gasteiger partial charge in [0.1, 0.15) is 0 Å². The second kappa shape index (κ2) is 5.21. The Morgan fingerprint density at radius 1 is 1.23 bits per heavy atom. The van der Waals surface area contributed by atoms with Crippen molar-refractivity contribution in [1.82, 2.24) is 4.72 Å². The molecule has 0 spiro atoms. The first kappa shape index (κ1) is 12.4. The van der Waals surface area contributed by atoms with Crippen LogP contribution in [0.3, 0.4) is 0 Å². The van der Waals surface area contributed by atoms with E-state index in [0.717, 1.165) is 0 Å². The Balaban J connectivity index is 0.00000144. The molecule has 0 unspecified atom stereocenters. The molecule has 5 heteroatoms. The van der Waals surface area contributed by atoms with Crippen LogP contribution in [0.1, 0.15) is 6.92 Å². The van der Waals surface area contributed by atoms with Crippen LogP contribution in [0.25, 0.3) is 0 Å². The summed E-state index contributed by atoms with van der Waals surface area (Å²) in [6.07, 6.45) is 0. The van der Waals surface area contributed by atoms with E-state index in [2.05, 4.69) is 4.72 Å². The molecule has 0 saturated carbocycles. The maximum atomic E-state index is 11.3. The molecule has 3 nitrogen and oxygen atoms in total. The van der Waals surface area contributed by atoms with Gasteiger partial charge in [-0.15, -0.1) is 12.4 Å². The number of nitrogens with one attached hydrogen (secondary N) is 1. The highest BCUT2D eigenvalue weighted by atomic mass is 35.5. The Labute approximate surface area is 84.6 Å². The average Bonchev–Trinajstić information content (AvgIpc) is 2.06. The Morgan fingerprint density at radius 2 is 1.77 bits per heavy atom. The first-order chi connectivity index (χ1) is 5.67. The number of hydrogen-bond donors (Lipinski definition) is 1. The summed E-state index contributed by atoms with van der Waals surface area (Å²) in [6.45, 7) is 2.16. The molecule has 0 radical (unpaired) electrons. The minimum Gasteiger partial charge on any atom is -0.211 e. The quantitative estimate of drug-likeness (QED) is 0.839. The zero-order chi connectivity index (χ0) is 9.03. The molecule has 1 N–H and O–H groups in total. The third-order valence-electron chi connectivity index (χ3n) is 1.39. The highest BCUT2D eigenvalue weighted by molar-refractivity contribution is 7.89. The summed E-state index contributed by atoms with van der Waals surface area (Å²) in [4.78, 5) is 0.312. The topological polar surface area (TPSA) is 46.2 Å². The molecule has 0 aliphatic rings. The Morgan fingerprint density at radius 3 is 2.23 bits per heavy atom. The van der Waals surface area contributed by atoms with E-state index in [4.69, 9.17) is 0 Å². The van der Waals surface area contributed by atoms with Crippen molar-refractivity contribution in [2.24, 2.45) is 0 Å². The van der Waals surface area contributed by atoms with E-state index in [-0.39, 0.29) is 12.4 Å². The summed E-state index contributed by atoms with van der Waals surface area (Å²) in [6, 6.07) is 8.31. The van der Waals surface area contributed by atoms with Gasteiger partial charge in [-0.05, 0) is 12.1 Å². The standard InChI is InChI=1S/C8H11NO2S.ClH/c1-2-9-12(10,11)8-6-4-3-5-7-8;/h3-7,9H,2H2,1H3;1H. The normalized spacial score (nSPS) is 10.5. The van der Waals surface area contributed by atoms with Crippen molar-refractivity contribution < 1.29 is 8.42 Å². The fourth-order valence-electron chi connectivity index (χ4n) is 0.873. The molecule has 0 heterocycles. The number of rotatable bonds is 3. The third-order valence-corrected chi connectivity index (χ3v) is 2.95. The van der Waals surface area contributed by atoms with Gasteiger partial charge in [-0.3, -0.25) is 0 Å². The Bertz CT molecular complexity index is 336. The van der Waals surface area contributed by atoms with Gasteiger partial charge in [0.15, 0.2) is 0 Å². The lowest BCUT2D eigenvalue weighted by Crippen LogP contribution is -2.22. The third kappa shape index (κ3) is 3.34. The van der Waals surface area contributed by atoms with Crippen LogP contribution in [0.2, 0.25) is 0 Å². The zero-order valence-corrected chi connectivity index (χ0v) is 8.86. The second-order valence-electron chi connectivity index (χ2n) is 2.31. The molecule has 0 aliphatic carbocycles. The molecule has 1 aromatic rings. The van der Waals surface area contributed by atoms with Gasteiger partial charge in [-0.25, -0.2) is 13.1 Å². The van der Waals surface area contributed by atoms with Crippen LogP contribution in [0.5, 0.6) is 0 Å². The highest BCUT2D eigenvalue weighted by Gasteiger charge is 2.09. The van der Waals surface area contributed by atoms with Gasteiger partial charge in [0.05, 0.1) is 4.90 Å². The molecule has 0 amide bonds. The highest BCUT2D eigenvalue weighted by Crippen LogP contribution is 2.05. The van der Waals surface area contributed by atoms with Crippen LogP contribution in [0, 0.1) is 0 Å². The molecular weight excluding hydrogens is 210 g/mol. The molecule has 0 fully saturated rings. The Kier molecular flexibility index (Phi) is 4.98. The lowest BCUT2D eigenvalue weighted by atomic mass is 10.4. The van der Waals surface area contributed by atoms with E-state index >= 15 is 0 Å². The largest absolute Gasteiger partial charge is 0.240 e. The summed E-state index contributed by atoms with van der Waals surface area (Å²) in [5, 5.41) is 0. The maximum Gasteiger partial charge on any atom is 0.240 e. The molecule has 74 valence electrons. The zero-order valence-electron chi connectivity index (χ0n) is 7.23. The van der Waals surface area contributed by atoms with Crippen molar-refractivity contribution in [3.8, 4) is 0 Å². The maximum absolute atomic E-state index is 11.3. The average molecular weight is 222 g/mol. The molecule has 1 rings (SSSR count). The number of hydrogen-bond acceptors (Lipinski definition) is 2. The monoisotopic (exact) mass is 221 g/mol. The SMILES string of the molecule is CCNS(=O)(=O)c1ccccc1.Cl. The fourth-order valence-corrected chi connectivity index (χ4v) is 1.94. The number of halogens is 1. The summed E-state index contributed by atoms with van der Waals surface area (Å²) in [7, 11) is -3.26. The summed E-state index contributed by atoms with van der Waals surface area (Å²) < 4.78 is 25.1. The lowest BCUT2D eigenvalue weighted by molar-refractivity contribution is 0.584. The van der Waals surface area contributed by atoms with Crippen LogP contribution in [-0.4, -0.2) is 15.0 Å². The molecule has 0 atom stereocenters. The predicted octanol–water partition coefficient (Wildman–Crippen LogP) is 1.41. The van der Waals surface area contributed by atoms with Gasteiger partial charge < -0.3 is 0 Å².